The maximum Gasteiger partial charge on any atom is 0.108 e. The monoisotopic (exact) mass is 335 g/mol. The van der Waals surface area contributed by atoms with Gasteiger partial charge in [-0.3, -0.25) is 10.1 Å². The Morgan fingerprint density at radius 2 is 1.88 bits per heavy atom. The van der Waals surface area contributed by atoms with E-state index in [1.54, 1.807) is 6.20 Å². The summed E-state index contributed by atoms with van der Waals surface area (Å²) >= 11 is 2.36. The van der Waals surface area contributed by atoms with E-state index in [0.717, 1.165) is 21.0 Å². The minimum Gasteiger partial charge on any atom is -0.276 e. The van der Waals surface area contributed by atoms with E-state index in [1.165, 1.54) is 11.1 Å². The highest BCUT2D eigenvalue weighted by Gasteiger charge is 2.02. The van der Waals surface area contributed by atoms with Crippen LogP contribution < -0.4 is 0 Å². The van der Waals surface area contributed by atoms with E-state index in [4.69, 9.17) is 0 Å². The van der Waals surface area contributed by atoms with Crippen molar-refractivity contribution in [3.63, 3.8) is 0 Å². The molecule has 2 aromatic heterocycles. The van der Waals surface area contributed by atoms with Crippen LogP contribution in [0.2, 0.25) is 0 Å². The van der Waals surface area contributed by atoms with Crippen molar-refractivity contribution in [2.45, 2.75) is 4.43 Å². The molecule has 84 valence electrons. The lowest BCUT2D eigenvalue weighted by Gasteiger charge is -2.02. The number of pyridine rings is 1. The van der Waals surface area contributed by atoms with Crippen LogP contribution in [-0.2, 0) is 4.43 Å². The third kappa shape index (κ3) is 2.04. The van der Waals surface area contributed by atoms with Gasteiger partial charge in [-0.25, -0.2) is 0 Å². The first kappa shape index (κ1) is 10.7. The third-order valence-electron chi connectivity index (χ3n) is 2.73. The quantitative estimate of drug-likeness (QED) is 0.575. The molecule has 0 aliphatic heterocycles. The molecule has 3 aromatic rings. The molecule has 0 amide bonds. The highest BCUT2D eigenvalue weighted by atomic mass is 127. The summed E-state index contributed by atoms with van der Waals surface area (Å²) in [5.74, 6) is 0. The first-order valence-corrected chi connectivity index (χ1v) is 6.84. The second kappa shape index (κ2) is 4.44. The molecule has 0 atom stereocenters. The summed E-state index contributed by atoms with van der Waals surface area (Å²) in [5, 5.41) is 6.91. The van der Waals surface area contributed by atoms with E-state index in [1.807, 2.05) is 6.20 Å². The Hall–Kier alpha value is -1.43. The Morgan fingerprint density at radius 1 is 1.06 bits per heavy atom. The van der Waals surface area contributed by atoms with Gasteiger partial charge in [-0.05, 0) is 17.2 Å². The van der Waals surface area contributed by atoms with E-state index in [2.05, 4.69) is 68.1 Å². The van der Waals surface area contributed by atoms with Crippen LogP contribution in [0, 0.1) is 0 Å². The minimum absolute atomic E-state index is 0.901. The fourth-order valence-electron chi connectivity index (χ4n) is 1.77. The Morgan fingerprint density at radius 3 is 2.65 bits per heavy atom. The van der Waals surface area contributed by atoms with Gasteiger partial charge in [0.05, 0.1) is 11.7 Å². The van der Waals surface area contributed by atoms with Crippen molar-refractivity contribution in [2.75, 3.05) is 0 Å². The van der Waals surface area contributed by atoms with Crippen LogP contribution in [0.4, 0.5) is 0 Å². The predicted molar refractivity (Wildman–Crippen MR) is 77.0 cm³/mol. The maximum absolute atomic E-state index is 4.36. The van der Waals surface area contributed by atoms with Gasteiger partial charge in [0, 0.05) is 16.2 Å². The fraction of sp³-hybridized carbons (Fsp3) is 0.0769. The fourth-order valence-corrected chi connectivity index (χ4v) is 2.28. The van der Waals surface area contributed by atoms with Crippen molar-refractivity contribution < 1.29 is 0 Å². The third-order valence-corrected chi connectivity index (χ3v) is 3.61. The lowest BCUT2D eigenvalue weighted by atomic mass is 10.1. The molecule has 0 saturated heterocycles. The first-order chi connectivity index (χ1) is 8.36. The van der Waals surface area contributed by atoms with Crippen LogP contribution in [0.25, 0.3) is 22.2 Å². The molecule has 0 spiro atoms. The number of rotatable bonds is 2. The molecule has 1 aromatic carbocycles. The van der Waals surface area contributed by atoms with Gasteiger partial charge >= 0.3 is 0 Å². The van der Waals surface area contributed by atoms with Crippen LogP contribution in [0.15, 0.2) is 42.7 Å². The zero-order valence-corrected chi connectivity index (χ0v) is 11.2. The van der Waals surface area contributed by atoms with Gasteiger partial charge in [0.1, 0.15) is 5.52 Å². The molecule has 0 fully saturated rings. The smallest absolute Gasteiger partial charge is 0.108 e. The lowest BCUT2D eigenvalue weighted by molar-refractivity contribution is 1.12. The molecule has 4 heteroatoms. The number of H-pyrrole nitrogens is 1. The molecular weight excluding hydrogens is 325 g/mol. The molecule has 3 rings (SSSR count). The number of aromatic amines is 1. The van der Waals surface area contributed by atoms with Crippen molar-refractivity contribution in [3.05, 3.63) is 48.3 Å². The molecule has 2 heterocycles. The maximum atomic E-state index is 4.36. The zero-order valence-electron chi connectivity index (χ0n) is 9.02. The number of nitrogens with zero attached hydrogens (tertiary/aromatic N) is 2. The second-order valence-electron chi connectivity index (χ2n) is 3.86. The predicted octanol–water partition coefficient (Wildman–Crippen LogP) is 3.56. The zero-order chi connectivity index (χ0) is 11.7. The molecule has 3 nitrogen and oxygen atoms in total. The molecule has 1 N–H and O–H groups in total. The Kier molecular flexibility index (Phi) is 2.80. The van der Waals surface area contributed by atoms with Crippen molar-refractivity contribution in [1.82, 2.24) is 15.2 Å². The SMILES string of the molecule is ICc1ccc(-c2cnc3cn[nH]c3c2)cc1. The standard InChI is InChI=1S/C13H10IN3/c14-6-9-1-3-10(4-2-9)11-5-12-13(15-7-11)8-16-17-12/h1-5,7-8H,6H2,(H,16,17). The average Bonchev–Trinajstić information content (AvgIpc) is 2.86. The van der Waals surface area contributed by atoms with Crippen molar-refractivity contribution >= 4 is 33.6 Å². The highest BCUT2D eigenvalue weighted by Crippen LogP contribution is 2.22. The average molecular weight is 335 g/mol. The van der Waals surface area contributed by atoms with Crippen LogP contribution in [-0.4, -0.2) is 15.2 Å². The van der Waals surface area contributed by atoms with Crippen molar-refractivity contribution in [1.29, 1.82) is 0 Å². The molecule has 17 heavy (non-hydrogen) atoms. The summed E-state index contributed by atoms with van der Waals surface area (Å²) in [4.78, 5) is 4.36. The number of hydrogen-bond donors (Lipinski definition) is 1. The summed E-state index contributed by atoms with van der Waals surface area (Å²) in [5.41, 5.74) is 5.51. The topological polar surface area (TPSA) is 41.6 Å². The minimum atomic E-state index is 0.901. The number of halogens is 1. The normalized spacial score (nSPS) is 10.9. The van der Waals surface area contributed by atoms with Crippen LogP contribution in [0.3, 0.4) is 0 Å². The van der Waals surface area contributed by atoms with Crippen LogP contribution in [0.5, 0.6) is 0 Å². The summed E-state index contributed by atoms with van der Waals surface area (Å²) in [6, 6.07) is 10.6. The Bertz CT molecular complexity index is 643. The summed E-state index contributed by atoms with van der Waals surface area (Å²) < 4.78 is 1.04. The van der Waals surface area contributed by atoms with E-state index < -0.39 is 0 Å². The molecule has 0 aliphatic rings. The summed E-state index contributed by atoms with van der Waals surface area (Å²) in [6.45, 7) is 0. The van der Waals surface area contributed by atoms with Gasteiger partial charge in [-0.15, -0.1) is 0 Å². The van der Waals surface area contributed by atoms with Gasteiger partial charge < -0.3 is 0 Å². The van der Waals surface area contributed by atoms with Gasteiger partial charge in [-0.2, -0.15) is 5.10 Å². The number of nitrogens with one attached hydrogen (secondary N) is 1. The molecule has 0 radical (unpaired) electrons. The van der Waals surface area contributed by atoms with E-state index >= 15 is 0 Å². The molecule has 0 unspecified atom stereocenters. The summed E-state index contributed by atoms with van der Waals surface area (Å²) in [6.07, 6.45) is 3.62. The van der Waals surface area contributed by atoms with Gasteiger partial charge in [0.25, 0.3) is 0 Å². The van der Waals surface area contributed by atoms with Crippen molar-refractivity contribution in [2.24, 2.45) is 0 Å². The number of hydrogen-bond acceptors (Lipinski definition) is 2. The van der Waals surface area contributed by atoms with Gasteiger partial charge in [0.15, 0.2) is 0 Å². The molecule has 0 aliphatic carbocycles. The number of fused-ring (bicyclic) bond motifs is 1. The Labute approximate surface area is 112 Å². The molecular formula is C13H10IN3. The highest BCUT2D eigenvalue weighted by molar-refractivity contribution is 14.1. The van der Waals surface area contributed by atoms with Crippen LogP contribution in [0.1, 0.15) is 5.56 Å². The molecule has 0 bridgehead atoms. The number of aromatic nitrogens is 3. The van der Waals surface area contributed by atoms with Crippen molar-refractivity contribution in [3.8, 4) is 11.1 Å². The van der Waals surface area contributed by atoms with Crippen LogP contribution >= 0.6 is 22.6 Å². The number of benzene rings is 1. The first-order valence-electron chi connectivity index (χ1n) is 5.31. The molecule has 0 saturated carbocycles. The van der Waals surface area contributed by atoms with E-state index in [-0.39, 0.29) is 0 Å². The summed E-state index contributed by atoms with van der Waals surface area (Å²) in [7, 11) is 0. The Balaban J connectivity index is 2.06. The number of alkyl halides is 1. The van der Waals surface area contributed by atoms with Gasteiger partial charge in [-0.1, -0.05) is 46.9 Å². The van der Waals surface area contributed by atoms with E-state index in [9.17, 15) is 0 Å². The van der Waals surface area contributed by atoms with Gasteiger partial charge in [0.2, 0.25) is 0 Å². The lowest BCUT2D eigenvalue weighted by Crippen LogP contribution is -1.82. The largest absolute Gasteiger partial charge is 0.276 e. The second-order valence-corrected chi connectivity index (χ2v) is 4.62. The van der Waals surface area contributed by atoms with E-state index in [0.29, 0.717) is 0 Å².